The number of carbonyl (C=O) groups excluding carboxylic acids is 2. The van der Waals surface area contributed by atoms with Gasteiger partial charge in [-0.25, -0.2) is 17.6 Å². The lowest BCUT2D eigenvalue weighted by Gasteiger charge is -2.17. The highest BCUT2D eigenvalue weighted by Gasteiger charge is 2.21. The maximum atomic E-state index is 13.2. The molecule has 0 radical (unpaired) electrons. The standard InChI is InChI=1S/C19H21FN2O5S/c1-12-11-15(20)7-10-17(12)28(25,26)21-16-8-5-14(6-9-16)19(24)27-13(2)18(23)22(3)4/h5-11,13,21H,1-4H3/t13-/m1/s1. The van der Waals surface area contributed by atoms with Crippen molar-refractivity contribution in [3.63, 3.8) is 0 Å². The third-order valence-corrected chi connectivity index (χ3v) is 5.41. The number of hydrogen-bond acceptors (Lipinski definition) is 5. The van der Waals surface area contributed by atoms with Crippen LogP contribution >= 0.6 is 0 Å². The van der Waals surface area contributed by atoms with E-state index >= 15 is 0 Å². The molecule has 1 N–H and O–H groups in total. The maximum Gasteiger partial charge on any atom is 0.338 e. The van der Waals surface area contributed by atoms with Crippen LogP contribution in [0.4, 0.5) is 10.1 Å². The number of nitrogens with one attached hydrogen (secondary N) is 1. The molecule has 0 heterocycles. The third kappa shape index (κ3) is 5.07. The number of esters is 1. The fraction of sp³-hybridized carbons (Fsp3) is 0.263. The van der Waals surface area contributed by atoms with Gasteiger partial charge in [-0.15, -0.1) is 0 Å². The van der Waals surface area contributed by atoms with Crippen molar-refractivity contribution in [2.45, 2.75) is 24.8 Å². The van der Waals surface area contributed by atoms with Crippen molar-refractivity contribution in [2.75, 3.05) is 18.8 Å². The zero-order valence-corrected chi connectivity index (χ0v) is 16.7. The largest absolute Gasteiger partial charge is 0.449 e. The van der Waals surface area contributed by atoms with Gasteiger partial charge in [0.1, 0.15) is 5.82 Å². The molecule has 0 unspecified atom stereocenters. The topological polar surface area (TPSA) is 92.8 Å². The molecule has 2 aromatic carbocycles. The molecule has 150 valence electrons. The smallest absolute Gasteiger partial charge is 0.338 e. The highest BCUT2D eigenvalue weighted by molar-refractivity contribution is 7.92. The van der Waals surface area contributed by atoms with E-state index in [-0.39, 0.29) is 27.6 Å². The van der Waals surface area contributed by atoms with Gasteiger partial charge in [0.2, 0.25) is 0 Å². The SMILES string of the molecule is Cc1cc(F)ccc1S(=O)(=O)Nc1ccc(C(=O)O[C@H](C)C(=O)N(C)C)cc1. The molecule has 7 nitrogen and oxygen atoms in total. The van der Waals surface area contributed by atoms with Crippen LogP contribution in [-0.2, 0) is 19.6 Å². The second-order valence-corrected chi connectivity index (χ2v) is 8.02. The fourth-order valence-corrected chi connectivity index (χ4v) is 3.73. The molecule has 0 fully saturated rings. The molecule has 1 amide bonds. The Bertz CT molecular complexity index is 988. The summed E-state index contributed by atoms with van der Waals surface area (Å²) in [7, 11) is -0.813. The van der Waals surface area contributed by atoms with Gasteiger partial charge in [-0.3, -0.25) is 9.52 Å². The summed E-state index contributed by atoms with van der Waals surface area (Å²) in [5.41, 5.74) is 0.657. The van der Waals surface area contributed by atoms with Crippen LogP contribution < -0.4 is 4.72 Å². The van der Waals surface area contributed by atoms with Gasteiger partial charge in [0.15, 0.2) is 6.10 Å². The van der Waals surface area contributed by atoms with Crippen molar-refractivity contribution in [3.05, 3.63) is 59.4 Å². The van der Waals surface area contributed by atoms with Crippen molar-refractivity contribution in [2.24, 2.45) is 0 Å². The summed E-state index contributed by atoms with van der Waals surface area (Å²) >= 11 is 0. The number of rotatable bonds is 6. The van der Waals surface area contributed by atoms with Crippen LogP contribution in [0.15, 0.2) is 47.4 Å². The van der Waals surface area contributed by atoms with Crippen molar-refractivity contribution >= 4 is 27.6 Å². The molecule has 2 aromatic rings. The van der Waals surface area contributed by atoms with E-state index in [2.05, 4.69) is 4.72 Å². The number of anilines is 1. The van der Waals surface area contributed by atoms with Crippen LogP contribution in [0.3, 0.4) is 0 Å². The summed E-state index contributed by atoms with van der Waals surface area (Å²) in [6.07, 6.45) is -0.942. The lowest BCUT2D eigenvalue weighted by molar-refractivity contribution is -0.137. The summed E-state index contributed by atoms with van der Waals surface area (Å²) in [4.78, 5) is 25.1. The summed E-state index contributed by atoms with van der Waals surface area (Å²) in [5.74, 6) is -1.58. The number of benzene rings is 2. The molecule has 0 aliphatic carbocycles. The van der Waals surface area contributed by atoms with E-state index < -0.39 is 27.9 Å². The molecule has 0 aliphatic heterocycles. The number of sulfonamides is 1. The van der Waals surface area contributed by atoms with E-state index in [1.54, 1.807) is 14.1 Å². The third-order valence-electron chi connectivity index (χ3n) is 3.87. The summed E-state index contributed by atoms with van der Waals surface area (Å²) in [6.45, 7) is 2.96. The minimum atomic E-state index is -3.92. The molecule has 28 heavy (non-hydrogen) atoms. The molecule has 0 aliphatic rings. The van der Waals surface area contributed by atoms with E-state index in [1.165, 1.54) is 49.1 Å². The first-order chi connectivity index (χ1) is 13.0. The molecular formula is C19H21FN2O5S. The van der Waals surface area contributed by atoms with E-state index in [0.717, 1.165) is 12.1 Å². The normalized spacial score (nSPS) is 12.2. The Morgan fingerprint density at radius 1 is 1.11 bits per heavy atom. The van der Waals surface area contributed by atoms with Crippen molar-refractivity contribution in [1.82, 2.24) is 4.90 Å². The average molecular weight is 408 g/mol. The Hall–Kier alpha value is -2.94. The molecular weight excluding hydrogens is 387 g/mol. The van der Waals surface area contributed by atoms with Gasteiger partial charge in [-0.1, -0.05) is 0 Å². The van der Waals surface area contributed by atoms with Gasteiger partial charge in [0, 0.05) is 19.8 Å². The van der Waals surface area contributed by atoms with E-state index in [0.29, 0.717) is 0 Å². The predicted molar refractivity (Wildman–Crippen MR) is 102 cm³/mol. The number of nitrogens with zero attached hydrogens (tertiary/aromatic N) is 1. The number of amides is 1. The van der Waals surface area contributed by atoms with Crippen molar-refractivity contribution in [1.29, 1.82) is 0 Å². The summed E-state index contributed by atoms with van der Waals surface area (Å²) in [5, 5.41) is 0. The van der Waals surface area contributed by atoms with Crippen molar-refractivity contribution < 1.29 is 27.1 Å². The van der Waals surface area contributed by atoms with E-state index in [9.17, 15) is 22.4 Å². The molecule has 0 saturated carbocycles. The number of hydrogen-bond donors (Lipinski definition) is 1. The predicted octanol–water partition coefficient (Wildman–Crippen LogP) is 2.57. The monoisotopic (exact) mass is 408 g/mol. The van der Waals surface area contributed by atoms with Crippen molar-refractivity contribution in [3.8, 4) is 0 Å². The first kappa shape index (κ1) is 21.4. The molecule has 0 saturated heterocycles. The van der Waals surface area contributed by atoms with Gasteiger partial charge in [0.25, 0.3) is 15.9 Å². The van der Waals surface area contributed by atoms with Gasteiger partial charge in [-0.2, -0.15) is 0 Å². The molecule has 2 rings (SSSR count). The van der Waals surface area contributed by atoms with Crippen LogP contribution in [0.25, 0.3) is 0 Å². The molecule has 0 bridgehead atoms. The Kier molecular flexibility index (Phi) is 6.40. The number of aryl methyl sites for hydroxylation is 1. The fourth-order valence-electron chi connectivity index (χ4n) is 2.44. The summed E-state index contributed by atoms with van der Waals surface area (Å²) in [6, 6.07) is 8.93. The minimum Gasteiger partial charge on any atom is -0.449 e. The van der Waals surface area contributed by atoms with Gasteiger partial charge in [-0.05, 0) is 61.9 Å². The zero-order chi connectivity index (χ0) is 21.1. The van der Waals surface area contributed by atoms with E-state index in [1.807, 2.05) is 0 Å². The minimum absolute atomic E-state index is 0.0478. The summed E-state index contributed by atoms with van der Waals surface area (Å²) < 4.78 is 45.6. The van der Waals surface area contributed by atoms with Gasteiger partial charge < -0.3 is 9.64 Å². The first-order valence-electron chi connectivity index (χ1n) is 8.32. The Labute approximate surface area is 163 Å². The van der Waals surface area contributed by atoms with Crippen LogP contribution in [-0.4, -0.2) is 45.4 Å². The quantitative estimate of drug-likeness (QED) is 0.742. The second kappa shape index (κ2) is 8.39. The number of ether oxygens (including phenoxy) is 1. The van der Waals surface area contributed by atoms with Crippen LogP contribution in [0.5, 0.6) is 0 Å². The molecule has 9 heteroatoms. The van der Waals surface area contributed by atoms with Crippen LogP contribution in [0.1, 0.15) is 22.8 Å². The lowest BCUT2D eigenvalue weighted by atomic mass is 10.2. The van der Waals surface area contributed by atoms with Gasteiger partial charge >= 0.3 is 5.97 Å². The maximum absolute atomic E-state index is 13.2. The molecule has 1 atom stereocenters. The lowest BCUT2D eigenvalue weighted by Crippen LogP contribution is -2.34. The highest BCUT2D eigenvalue weighted by atomic mass is 32.2. The Morgan fingerprint density at radius 2 is 1.71 bits per heavy atom. The number of likely N-dealkylation sites (N-methyl/N-ethyl adjacent to an activating group) is 1. The second-order valence-electron chi connectivity index (χ2n) is 6.37. The number of carbonyl (C=O) groups is 2. The molecule has 0 spiro atoms. The van der Waals surface area contributed by atoms with E-state index in [4.69, 9.17) is 4.74 Å². The van der Waals surface area contributed by atoms with Crippen LogP contribution in [0, 0.1) is 12.7 Å². The first-order valence-corrected chi connectivity index (χ1v) is 9.81. The zero-order valence-electron chi connectivity index (χ0n) is 15.9. The average Bonchev–Trinajstić information content (AvgIpc) is 2.60. The highest BCUT2D eigenvalue weighted by Crippen LogP contribution is 2.20. The van der Waals surface area contributed by atoms with Gasteiger partial charge in [0.05, 0.1) is 10.5 Å². The Morgan fingerprint density at radius 3 is 2.25 bits per heavy atom. The van der Waals surface area contributed by atoms with Crippen LogP contribution in [0.2, 0.25) is 0 Å². The number of halogens is 1. The molecule has 0 aromatic heterocycles. The Balaban J connectivity index is 2.12.